The maximum absolute atomic E-state index is 15.4. The minimum absolute atomic E-state index is 0.0115. The van der Waals surface area contributed by atoms with Crippen molar-refractivity contribution in [1.29, 1.82) is 0 Å². The summed E-state index contributed by atoms with van der Waals surface area (Å²) in [6.45, 7) is 0.0613. The molecule has 4 aromatic rings. The van der Waals surface area contributed by atoms with Gasteiger partial charge in [0.15, 0.2) is 0 Å². The Morgan fingerprint density at radius 2 is 1.89 bits per heavy atom. The highest BCUT2D eigenvalue weighted by Crippen LogP contribution is 2.35. The highest BCUT2D eigenvalue weighted by Gasteiger charge is 2.30. The fourth-order valence-electron chi connectivity index (χ4n) is 4.44. The van der Waals surface area contributed by atoms with E-state index in [4.69, 9.17) is 16.3 Å². The molecule has 0 radical (unpaired) electrons. The fraction of sp³-hybridized carbons (Fsp3) is 0.154. The standard InChI is InChI=1S/C26H21ClF2N4O4S/c1-37-24-13-20(17-10-18(27)12-19(28)11-17)21(29)14-23(24)33-22-7-9-32(15-16(22)5-6-26(33)34)38(35,36)31-25-4-2-3-8-30-25/h2-6,8,10-14H,7,9,15H2,1H3,(H,30,31). The van der Waals surface area contributed by atoms with Crippen LogP contribution in [0.25, 0.3) is 16.8 Å². The summed E-state index contributed by atoms with van der Waals surface area (Å²) in [7, 11) is -2.55. The van der Waals surface area contributed by atoms with Gasteiger partial charge in [-0.15, -0.1) is 0 Å². The van der Waals surface area contributed by atoms with Crippen molar-refractivity contribution in [2.75, 3.05) is 18.4 Å². The van der Waals surface area contributed by atoms with Crippen molar-refractivity contribution in [1.82, 2.24) is 13.9 Å². The number of ether oxygens (including phenoxy) is 1. The van der Waals surface area contributed by atoms with Gasteiger partial charge in [-0.1, -0.05) is 23.7 Å². The van der Waals surface area contributed by atoms with Crippen LogP contribution < -0.4 is 15.0 Å². The number of nitrogens with one attached hydrogen (secondary N) is 1. The van der Waals surface area contributed by atoms with E-state index in [-0.39, 0.29) is 52.9 Å². The number of nitrogens with zero attached hydrogens (tertiary/aromatic N) is 3. The molecule has 0 atom stereocenters. The predicted molar refractivity (Wildman–Crippen MR) is 140 cm³/mol. The van der Waals surface area contributed by atoms with Crippen molar-refractivity contribution >= 4 is 27.6 Å². The lowest BCUT2D eigenvalue weighted by atomic mass is 10.0. The third-order valence-corrected chi connectivity index (χ3v) is 7.83. The molecule has 196 valence electrons. The lowest BCUT2D eigenvalue weighted by Crippen LogP contribution is -2.41. The van der Waals surface area contributed by atoms with Crippen LogP contribution >= 0.6 is 11.6 Å². The maximum Gasteiger partial charge on any atom is 0.303 e. The summed E-state index contributed by atoms with van der Waals surface area (Å²) in [5, 5.41) is 0.104. The lowest BCUT2D eigenvalue weighted by Gasteiger charge is -2.30. The number of anilines is 1. The fourth-order valence-corrected chi connectivity index (χ4v) is 5.81. The van der Waals surface area contributed by atoms with E-state index in [2.05, 4.69) is 9.71 Å². The first-order chi connectivity index (χ1) is 18.2. The van der Waals surface area contributed by atoms with Gasteiger partial charge < -0.3 is 4.74 Å². The number of fused-ring (bicyclic) bond motifs is 1. The molecule has 1 aliphatic rings. The second-order valence-corrected chi connectivity index (χ2v) is 10.7. The zero-order valence-corrected chi connectivity index (χ0v) is 21.6. The first-order valence-corrected chi connectivity index (χ1v) is 13.2. The first kappa shape index (κ1) is 25.8. The first-order valence-electron chi connectivity index (χ1n) is 11.4. The summed E-state index contributed by atoms with van der Waals surface area (Å²) < 4.78 is 65.7. The topological polar surface area (TPSA) is 93.5 Å². The van der Waals surface area contributed by atoms with Gasteiger partial charge in [-0.05, 0) is 47.5 Å². The Bertz CT molecular complexity index is 1680. The molecule has 38 heavy (non-hydrogen) atoms. The molecule has 0 fully saturated rings. The van der Waals surface area contributed by atoms with E-state index in [1.54, 1.807) is 18.2 Å². The third kappa shape index (κ3) is 5.00. The lowest BCUT2D eigenvalue weighted by molar-refractivity contribution is 0.385. The summed E-state index contributed by atoms with van der Waals surface area (Å²) >= 11 is 5.95. The average molecular weight is 559 g/mol. The number of hydrogen-bond donors (Lipinski definition) is 1. The molecule has 1 aliphatic heterocycles. The van der Waals surface area contributed by atoms with Gasteiger partial charge in [-0.3, -0.25) is 14.1 Å². The largest absolute Gasteiger partial charge is 0.495 e. The van der Waals surface area contributed by atoms with Crippen LogP contribution in [0.15, 0.2) is 71.7 Å². The molecule has 2 aromatic heterocycles. The second kappa shape index (κ2) is 10.2. The number of rotatable bonds is 6. The third-order valence-electron chi connectivity index (χ3n) is 6.15. The zero-order valence-electron chi connectivity index (χ0n) is 20.0. The van der Waals surface area contributed by atoms with E-state index in [0.717, 1.165) is 18.2 Å². The molecule has 0 unspecified atom stereocenters. The Morgan fingerprint density at radius 3 is 2.61 bits per heavy atom. The second-order valence-electron chi connectivity index (χ2n) is 8.55. The van der Waals surface area contributed by atoms with Gasteiger partial charge in [0.2, 0.25) is 0 Å². The summed E-state index contributed by atoms with van der Waals surface area (Å²) in [4.78, 5) is 17.0. The predicted octanol–water partition coefficient (Wildman–Crippen LogP) is 4.55. The SMILES string of the molecule is COc1cc(-c2cc(F)cc(Cl)c2)c(F)cc1-n1c2c(ccc1=O)CN(S(=O)(=O)Nc1ccccn1)CC2. The summed E-state index contributed by atoms with van der Waals surface area (Å²) in [6, 6.07) is 13.9. The summed E-state index contributed by atoms with van der Waals surface area (Å²) in [5.74, 6) is -0.987. The van der Waals surface area contributed by atoms with Crippen molar-refractivity contribution in [3.05, 3.63) is 105 Å². The van der Waals surface area contributed by atoms with E-state index < -0.39 is 27.4 Å². The van der Waals surface area contributed by atoms with Crippen LogP contribution in [0.3, 0.4) is 0 Å². The van der Waals surface area contributed by atoms with Gasteiger partial charge in [-0.2, -0.15) is 12.7 Å². The van der Waals surface area contributed by atoms with Crippen LogP contribution in [-0.2, 0) is 23.2 Å². The molecule has 1 N–H and O–H groups in total. The van der Waals surface area contributed by atoms with Gasteiger partial charge >= 0.3 is 10.2 Å². The van der Waals surface area contributed by atoms with Crippen molar-refractivity contribution in [3.8, 4) is 22.6 Å². The summed E-state index contributed by atoms with van der Waals surface area (Å²) in [5.41, 5.74) is 1.06. The van der Waals surface area contributed by atoms with Crippen LogP contribution in [0.5, 0.6) is 5.75 Å². The Morgan fingerprint density at radius 1 is 1.08 bits per heavy atom. The molecule has 0 saturated carbocycles. The van der Waals surface area contributed by atoms with Gasteiger partial charge in [0, 0.05) is 54.1 Å². The number of aromatic nitrogens is 2. The van der Waals surface area contributed by atoms with Crippen LogP contribution in [0.4, 0.5) is 14.6 Å². The van der Waals surface area contributed by atoms with Gasteiger partial charge in [0.05, 0.1) is 12.8 Å². The van der Waals surface area contributed by atoms with E-state index in [1.807, 2.05) is 0 Å². The molecule has 5 rings (SSSR count). The molecule has 2 aromatic carbocycles. The van der Waals surface area contributed by atoms with Crippen LogP contribution in [0.1, 0.15) is 11.3 Å². The number of hydrogen-bond acceptors (Lipinski definition) is 5. The molecule has 0 amide bonds. The molecule has 0 bridgehead atoms. The highest BCUT2D eigenvalue weighted by atomic mass is 35.5. The van der Waals surface area contributed by atoms with Crippen LogP contribution in [0, 0.1) is 11.6 Å². The van der Waals surface area contributed by atoms with Gasteiger partial charge in [0.1, 0.15) is 23.2 Å². The van der Waals surface area contributed by atoms with Crippen LogP contribution in [-0.4, -0.2) is 35.9 Å². The molecule has 8 nitrogen and oxygen atoms in total. The number of pyridine rings is 2. The van der Waals surface area contributed by atoms with Crippen molar-refractivity contribution < 1.29 is 21.9 Å². The van der Waals surface area contributed by atoms with E-state index in [1.165, 1.54) is 46.4 Å². The smallest absolute Gasteiger partial charge is 0.303 e. The van der Waals surface area contributed by atoms with E-state index in [0.29, 0.717) is 11.3 Å². The zero-order chi connectivity index (χ0) is 27.0. The van der Waals surface area contributed by atoms with Crippen LogP contribution in [0.2, 0.25) is 5.02 Å². The van der Waals surface area contributed by atoms with E-state index >= 15 is 4.39 Å². The maximum atomic E-state index is 15.4. The minimum atomic E-state index is -3.92. The molecule has 0 saturated heterocycles. The molecule has 3 heterocycles. The number of benzene rings is 2. The van der Waals surface area contributed by atoms with E-state index in [9.17, 15) is 17.6 Å². The van der Waals surface area contributed by atoms with Crippen molar-refractivity contribution in [2.45, 2.75) is 13.0 Å². The van der Waals surface area contributed by atoms with Gasteiger partial charge in [0.25, 0.3) is 5.56 Å². The Kier molecular flexibility index (Phi) is 6.91. The highest BCUT2D eigenvalue weighted by molar-refractivity contribution is 7.90. The minimum Gasteiger partial charge on any atom is -0.495 e. The number of halogens is 3. The Balaban J connectivity index is 1.54. The quantitative estimate of drug-likeness (QED) is 0.375. The molecular formula is C26H21ClF2N4O4S. The molecular weight excluding hydrogens is 538 g/mol. The normalized spacial score (nSPS) is 13.7. The van der Waals surface area contributed by atoms with Crippen molar-refractivity contribution in [3.63, 3.8) is 0 Å². The molecule has 0 spiro atoms. The summed E-state index contributed by atoms with van der Waals surface area (Å²) in [6.07, 6.45) is 1.66. The Hall–Kier alpha value is -3.80. The van der Waals surface area contributed by atoms with Gasteiger partial charge in [-0.25, -0.2) is 13.8 Å². The molecule has 12 heteroatoms. The molecule has 0 aliphatic carbocycles. The van der Waals surface area contributed by atoms with Crippen molar-refractivity contribution in [2.24, 2.45) is 0 Å². The average Bonchev–Trinajstić information content (AvgIpc) is 2.88. The Labute approximate surface area is 222 Å². The monoisotopic (exact) mass is 558 g/mol. The number of methoxy groups -OCH3 is 1.